The Bertz CT molecular complexity index is 475. The minimum Gasteiger partial charge on any atom is -0.469 e. The minimum absolute atomic E-state index is 0.0214. The van der Waals surface area contributed by atoms with Crippen molar-refractivity contribution in [1.29, 1.82) is 0 Å². The summed E-state index contributed by atoms with van der Waals surface area (Å²) < 4.78 is 4.70. The highest BCUT2D eigenvalue weighted by Gasteiger charge is 2.36. The van der Waals surface area contributed by atoms with Crippen LogP contribution in [0.15, 0.2) is 29.2 Å². The van der Waals surface area contributed by atoms with Gasteiger partial charge >= 0.3 is 5.97 Å². The summed E-state index contributed by atoms with van der Waals surface area (Å²) in [5.74, 6) is -0.684. The van der Waals surface area contributed by atoms with E-state index in [-0.39, 0.29) is 24.2 Å². The van der Waals surface area contributed by atoms with Crippen LogP contribution in [0.4, 0.5) is 5.69 Å². The fourth-order valence-electron chi connectivity index (χ4n) is 2.12. The quantitative estimate of drug-likeness (QED) is 0.619. The zero-order chi connectivity index (χ0) is 13.1. The first kappa shape index (κ1) is 13.0. The third-order valence-electron chi connectivity index (χ3n) is 3.04. The Morgan fingerprint density at radius 2 is 2.17 bits per heavy atom. The Balaban J connectivity index is 2.24. The number of para-hydroxylation sites is 1. The molecular weight excluding hydrogens is 250 g/mol. The number of hydrogen-bond acceptors (Lipinski definition) is 4. The van der Waals surface area contributed by atoms with E-state index in [1.54, 1.807) is 16.7 Å². The molecule has 0 aromatic heterocycles. The summed E-state index contributed by atoms with van der Waals surface area (Å²) in [5, 5.41) is 0. The van der Waals surface area contributed by atoms with Crippen molar-refractivity contribution in [3.8, 4) is 0 Å². The van der Waals surface area contributed by atoms with Crippen molar-refractivity contribution >= 4 is 29.3 Å². The lowest BCUT2D eigenvalue weighted by Crippen LogP contribution is -2.26. The summed E-state index contributed by atoms with van der Waals surface area (Å²) in [5.41, 5.74) is 0.876. The number of benzene rings is 1. The van der Waals surface area contributed by atoms with Gasteiger partial charge in [0.15, 0.2) is 0 Å². The summed E-state index contributed by atoms with van der Waals surface area (Å²) in [7, 11) is 1.35. The van der Waals surface area contributed by atoms with Crippen LogP contribution in [0.5, 0.6) is 0 Å². The monoisotopic (exact) mass is 265 g/mol. The van der Waals surface area contributed by atoms with Crippen LogP contribution >= 0.6 is 11.8 Å². The molecule has 0 spiro atoms. The molecule has 1 atom stereocenters. The third kappa shape index (κ3) is 2.36. The van der Waals surface area contributed by atoms with Crippen LogP contribution in [0.2, 0.25) is 0 Å². The third-order valence-corrected chi connectivity index (χ3v) is 3.82. The largest absolute Gasteiger partial charge is 0.469 e. The molecule has 1 aromatic rings. The second-order valence-corrected chi connectivity index (χ2v) is 4.95. The summed E-state index contributed by atoms with van der Waals surface area (Å²) in [4.78, 5) is 26.2. The topological polar surface area (TPSA) is 46.6 Å². The zero-order valence-electron chi connectivity index (χ0n) is 10.4. The number of amides is 1. The van der Waals surface area contributed by atoms with Gasteiger partial charge in [0, 0.05) is 17.9 Å². The molecule has 96 valence electrons. The molecule has 1 saturated heterocycles. The van der Waals surface area contributed by atoms with Gasteiger partial charge < -0.3 is 9.64 Å². The van der Waals surface area contributed by atoms with Gasteiger partial charge in [-0.2, -0.15) is 0 Å². The van der Waals surface area contributed by atoms with Crippen LogP contribution in [0.3, 0.4) is 0 Å². The number of nitrogens with zero attached hydrogens (tertiary/aromatic N) is 1. The van der Waals surface area contributed by atoms with Gasteiger partial charge in [-0.1, -0.05) is 12.1 Å². The van der Waals surface area contributed by atoms with Gasteiger partial charge in [-0.3, -0.25) is 9.59 Å². The minimum atomic E-state index is -0.350. The summed E-state index contributed by atoms with van der Waals surface area (Å²) in [6, 6.07) is 7.71. The fraction of sp³-hybridized carbons (Fsp3) is 0.385. The molecule has 18 heavy (non-hydrogen) atoms. The van der Waals surface area contributed by atoms with Gasteiger partial charge in [-0.05, 0) is 18.4 Å². The molecule has 0 aliphatic carbocycles. The van der Waals surface area contributed by atoms with Gasteiger partial charge in [-0.25, -0.2) is 0 Å². The summed E-state index contributed by atoms with van der Waals surface area (Å²) >= 11 is 1.59. The van der Waals surface area contributed by atoms with Crippen molar-refractivity contribution in [1.82, 2.24) is 0 Å². The highest BCUT2D eigenvalue weighted by molar-refractivity contribution is 7.98. The number of carbonyl (C=O) groups excluding carboxylic acids is 2. The molecule has 1 amide bonds. The molecule has 1 fully saturated rings. The van der Waals surface area contributed by atoms with Crippen LogP contribution < -0.4 is 4.90 Å². The van der Waals surface area contributed by atoms with Gasteiger partial charge in [0.25, 0.3) is 0 Å². The fourth-order valence-corrected chi connectivity index (χ4v) is 2.72. The molecule has 5 heteroatoms. The van der Waals surface area contributed by atoms with E-state index in [9.17, 15) is 9.59 Å². The first-order valence-corrected chi connectivity index (χ1v) is 6.91. The molecule has 1 aliphatic rings. The van der Waals surface area contributed by atoms with Crippen molar-refractivity contribution < 1.29 is 14.3 Å². The zero-order valence-corrected chi connectivity index (χ0v) is 11.2. The lowest BCUT2D eigenvalue weighted by Gasteiger charge is -2.19. The van der Waals surface area contributed by atoms with Crippen LogP contribution in [0, 0.1) is 5.92 Å². The number of rotatable bonds is 3. The van der Waals surface area contributed by atoms with E-state index in [1.807, 2.05) is 30.5 Å². The average Bonchev–Trinajstić information content (AvgIpc) is 2.79. The Morgan fingerprint density at radius 3 is 2.83 bits per heavy atom. The molecule has 0 radical (unpaired) electrons. The Kier molecular flexibility index (Phi) is 3.91. The van der Waals surface area contributed by atoms with Crippen LogP contribution in [0.25, 0.3) is 0 Å². The van der Waals surface area contributed by atoms with Gasteiger partial charge in [0.2, 0.25) is 5.91 Å². The number of ether oxygens (including phenoxy) is 1. The van der Waals surface area contributed by atoms with Crippen molar-refractivity contribution in [3.63, 3.8) is 0 Å². The molecular formula is C13H15NO3S. The molecule has 1 aromatic carbocycles. The van der Waals surface area contributed by atoms with Crippen molar-refractivity contribution in [2.24, 2.45) is 5.92 Å². The second kappa shape index (κ2) is 5.44. The standard InChI is InChI=1S/C13H15NO3S/c1-17-13(16)9-7-12(15)14(8-9)10-5-3-4-6-11(10)18-2/h3-6,9H,7-8H2,1-2H3. The lowest BCUT2D eigenvalue weighted by molar-refractivity contribution is -0.145. The molecule has 1 aliphatic heterocycles. The molecule has 1 unspecified atom stereocenters. The van der Waals surface area contributed by atoms with Gasteiger partial charge in [0.1, 0.15) is 0 Å². The maximum absolute atomic E-state index is 12.0. The SMILES string of the molecule is COC(=O)C1CC(=O)N(c2ccccc2SC)C1. The Morgan fingerprint density at radius 1 is 1.44 bits per heavy atom. The van der Waals surface area contributed by atoms with Crippen LogP contribution in [-0.4, -0.2) is 31.8 Å². The maximum atomic E-state index is 12.0. The first-order chi connectivity index (χ1) is 8.67. The molecule has 0 bridgehead atoms. The van der Waals surface area contributed by atoms with Crippen molar-refractivity contribution in [2.45, 2.75) is 11.3 Å². The van der Waals surface area contributed by atoms with Crippen molar-refractivity contribution in [3.05, 3.63) is 24.3 Å². The van der Waals surface area contributed by atoms with E-state index in [1.165, 1.54) is 7.11 Å². The van der Waals surface area contributed by atoms with E-state index in [0.717, 1.165) is 10.6 Å². The smallest absolute Gasteiger partial charge is 0.311 e. The van der Waals surface area contributed by atoms with Crippen LogP contribution in [-0.2, 0) is 14.3 Å². The molecule has 2 rings (SSSR count). The van der Waals surface area contributed by atoms with E-state index in [0.29, 0.717) is 6.54 Å². The highest BCUT2D eigenvalue weighted by Crippen LogP contribution is 2.33. The number of carbonyl (C=O) groups is 2. The second-order valence-electron chi connectivity index (χ2n) is 4.10. The molecule has 1 heterocycles. The first-order valence-electron chi connectivity index (χ1n) is 5.68. The predicted octanol–water partition coefficient (Wildman–Crippen LogP) is 1.93. The van der Waals surface area contributed by atoms with Gasteiger partial charge in [-0.15, -0.1) is 11.8 Å². The van der Waals surface area contributed by atoms with E-state index >= 15 is 0 Å². The number of hydrogen-bond donors (Lipinski definition) is 0. The maximum Gasteiger partial charge on any atom is 0.311 e. The van der Waals surface area contributed by atoms with E-state index in [4.69, 9.17) is 4.74 Å². The normalized spacial score (nSPS) is 19.1. The predicted molar refractivity (Wildman–Crippen MR) is 70.7 cm³/mol. The Hall–Kier alpha value is -1.49. The van der Waals surface area contributed by atoms with Crippen molar-refractivity contribution in [2.75, 3.05) is 24.8 Å². The summed E-state index contributed by atoms with van der Waals surface area (Å²) in [6.45, 7) is 0.406. The Labute approximate surface area is 110 Å². The van der Waals surface area contributed by atoms with Gasteiger partial charge in [0.05, 0.1) is 18.7 Å². The molecule has 0 N–H and O–H groups in total. The molecule has 4 nitrogen and oxygen atoms in total. The number of esters is 1. The lowest BCUT2D eigenvalue weighted by atomic mass is 10.1. The van der Waals surface area contributed by atoms with Crippen LogP contribution in [0.1, 0.15) is 6.42 Å². The number of thioether (sulfide) groups is 1. The number of anilines is 1. The average molecular weight is 265 g/mol. The highest BCUT2D eigenvalue weighted by atomic mass is 32.2. The molecule has 0 saturated carbocycles. The summed E-state index contributed by atoms with van der Waals surface area (Å²) in [6.07, 6.45) is 2.20. The van der Waals surface area contributed by atoms with E-state index < -0.39 is 0 Å². The number of methoxy groups -OCH3 is 1. The van der Waals surface area contributed by atoms with E-state index in [2.05, 4.69) is 0 Å².